The Kier molecular flexibility index (Phi) is 5.38. The van der Waals surface area contributed by atoms with E-state index in [0.29, 0.717) is 19.0 Å². The van der Waals surface area contributed by atoms with Crippen molar-refractivity contribution in [1.29, 1.82) is 0 Å². The van der Waals surface area contributed by atoms with Gasteiger partial charge in [0.15, 0.2) is 9.84 Å². The first-order valence-electron chi connectivity index (χ1n) is 7.05. The fourth-order valence-electron chi connectivity index (χ4n) is 1.93. The van der Waals surface area contributed by atoms with Crippen LogP contribution >= 0.6 is 0 Å². The van der Waals surface area contributed by atoms with Crippen molar-refractivity contribution < 1.29 is 13.2 Å². The first-order chi connectivity index (χ1) is 10.5. The molecular formula is C16H20N2O3S. The zero-order chi connectivity index (χ0) is 16.0. The second-order valence-corrected chi connectivity index (χ2v) is 7.05. The van der Waals surface area contributed by atoms with Crippen molar-refractivity contribution in [1.82, 2.24) is 4.98 Å². The van der Waals surface area contributed by atoms with Crippen LogP contribution < -0.4 is 10.1 Å². The van der Waals surface area contributed by atoms with E-state index in [1.165, 1.54) is 11.8 Å². The Bertz CT molecular complexity index is 712. The Morgan fingerprint density at radius 3 is 2.59 bits per heavy atom. The molecule has 0 atom stereocenters. The molecule has 0 unspecified atom stereocenters. The summed E-state index contributed by atoms with van der Waals surface area (Å²) in [5, 5.41) is 3.04. The summed E-state index contributed by atoms with van der Waals surface area (Å²) in [7, 11) is -3.28. The molecule has 0 fully saturated rings. The maximum atomic E-state index is 11.7. The van der Waals surface area contributed by atoms with E-state index in [1.807, 2.05) is 31.2 Å². The number of anilines is 1. The Hall–Kier alpha value is -2.08. The first-order valence-corrected chi connectivity index (χ1v) is 8.94. The van der Waals surface area contributed by atoms with Gasteiger partial charge in [0.25, 0.3) is 0 Å². The van der Waals surface area contributed by atoms with Crippen LogP contribution in [0.2, 0.25) is 0 Å². The second kappa shape index (κ2) is 7.26. The average molecular weight is 320 g/mol. The molecule has 0 aliphatic heterocycles. The lowest BCUT2D eigenvalue weighted by Crippen LogP contribution is -2.11. The van der Waals surface area contributed by atoms with Crippen LogP contribution in [0.4, 0.5) is 5.82 Å². The van der Waals surface area contributed by atoms with E-state index in [0.717, 1.165) is 12.2 Å². The highest BCUT2D eigenvalue weighted by atomic mass is 32.2. The van der Waals surface area contributed by atoms with Gasteiger partial charge in [0.05, 0.1) is 6.61 Å². The quantitative estimate of drug-likeness (QED) is 0.794. The molecule has 1 N–H and O–H groups in total. The molecule has 0 amide bonds. The summed E-state index contributed by atoms with van der Waals surface area (Å²) in [5.74, 6) is 1.22. The third kappa shape index (κ3) is 4.73. The molecule has 0 bridgehead atoms. The Balaban J connectivity index is 1.81. The Morgan fingerprint density at radius 2 is 1.91 bits per heavy atom. The lowest BCUT2D eigenvalue weighted by molar-refractivity contribution is 0.315. The molecule has 22 heavy (non-hydrogen) atoms. The van der Waals surface area contributed by atoms with Gasteiger partial charge in [0.1, 0.15) is 16.5 Å². The molecule has 0 aliphatic carbocycles. The summed E-state index contributed by atoms with van der Waals surface area (Å²) in [6.45, 7) is 3.17. The zero-order valence-electron chi connectivity index (χ0n) is 12.7. The lowest BCUT2D eigenvalue weighted by Gasteiger charge is -2.10. The number of rotatable bonds is 7. The van der Waals surface area contributed by atoms with Crippen LogP contribution in [0.3, 0.4) is 0 Å². The number of aryl methyl sites for hydroxylation is 1. The zero-order valence-corrected chi connectivity index (χ0v) is 13.6. The van der Waals surface area contributed by atoms with Gasteiger partial charge in [-0.3, -0.25) is 0 Å². The maximum absolute atomic E-state index is 11.7. The SMILES string of the molecule is Cc1ccc(OCCCNc2ncccc2S(C)(=O)=O)cc1. The minimum absolute atomic E-state index is 0.217. The molecule has 118 valence electrons. The predicted octanol–water partition coefficient (Wildman–Crippen LogP) is 2.67. The molecule has 2 aromatic rings. The van der Waals surface area contributed by atoms with Crippen LogP contribution in [0.1, 0.15) is 12.0 Å². The number of nitrogens with zero attached hydrogens (tertiary/aromatic N) is 1. The van der Waals surface area contributed by atoms with Gasteiger partial charge in [-0.1, -0.05) is 17.7 Å². The number of ether oxygens (including phenoxy) is 1. The minimum atomic E-state index is -3.28. The van der Waals surface area contributed by atoms with Crippen molar-refractivity contribution in [3.05, 3.63) is 48.2 Å². The largest absolute Gasteiger partial charge is 0.494 e. The second-order valence-electron chi connectivity index (χ2n) is 5.06. The van der Waals surface area contributed by atoms with E-state index in [2.05, 4.69) is 10.3 Å². The molecule has 1 heterocycles. The first kappa shape index (κ1) is 16.3. The molecule has 0 saturated carbocycles. The smallest absolute Gasteiger partial charge is 0.179 e. The van der Waals surface area contributed by atoms with Crippen LogP contribution in [-0.4, -0.2) is 32.8 Å². The molecule has 0 spiro atoms. The van der Waals surface area contributed by atoms with E-state index in [9.17, 15) is 8.42 Å². The lowest BCUT2D eigenvalue weighted by atomic mass is 10.2. The third-order valence-electron chi connectivity index (χ3n) is 3.07. The van der Waals surface area contributed by atoms with Crippen molar-refractivity contribution in [3.8, 4) is 5.75 Å². The monoisotopic (exact) mass is 320 g/mol. The number of hydrogen-bond donors (Lipinski definition) is 1. The van der Waals surface area contributed by atoms with Crippen LogP contribution in [0.15, 0.2) is 47.5 Å². The number of sulfone groups is 1. The number of benzene rings is 1. The van der Waals surface area contributed by atoms with Crippen molar-refractivity contribution in [2.45, 2.75) is 18.2 Å². The standard InChI is InChI=1S/C16H20N2O3S/c1-13-6-8-14(9-7-13)21-12-4-11-18-16-15(22(2,19)20)5-3-10-17-16/h3,5-10H,4,11-12H2,1-2H3,(H,17,18). The summed E-state index contributed by atoms with van der Waals surface area (Å²) in [5.41, 5.74) is 1.19. The Labute approximate surface area is 131 Å². The highest BCUT2D eigenvalue weighted by Gasteiger charge is 2.13. The molecule has 5 nitrogen and oxygen atoms in total. The van der Waals surface area contributed by atoms with E-state index in [1.54, 1.807) is 18.3 Å². The summed E-state index contributed by atoms with van der Waals surface area (Å²) < 4.78 is 28.9. The summed E-state index contributed by atoms with van der Waals surface area (Å²) >= 11 is 0. The molecule has 1 aromatic carbocycles. The molecule has 6 heteroatoms. The molecule has 0 aliphatic rings. The van der Waals surface area contributed by atoms with Gasteiger partial charge in [-0.25, -0.2) is 13.4 Å². The molecule has 0 radical (unpaired) electrons. The Morgan fingerprint density at radius 1 is 1.18 bits per heavy atom. The van der Waals surface area contributed by atoms with Crippen LogP contribution in [0.25, 0.3) is 0 Å². The summed E-state index contributed by atoms with van der Waals surface area (Å²) in [4.78, 5) is 4.30. The van der Waals surface area contributed by atoms with Crippen molar-refractivity contribution in [2.24, 2.45) is 0 Å². The van der Waals surface area contributed by atoms with Gasteiger partial charge in [-0.15, -0.1) is 0 Å². The van der Waals surface area contributed by atoms with Gasteiger partial charge in [0, 0.05) is 19.0 Å². The summed E-state index contributed by atoms with van der Waals surface area (Å²) in [6, 6.07) is 11.0. The van der Waals surface area contributed by atoms with Gasteiger partial charge in [-0.2, -0.15) is 0 Å². The molecular weight excluding hydrogens is 300 g/mol. The molecule has 0 saturated heterocycles. The van der Waals surface area contributed by atoms with Gasteiger partial charge < -0.3 is 10.1 Å². The van der Waals surface area contributed by atoms with Crippen LogP contribution in [0.5, 0.6) is 5.75 Å². The normalized spacial score (nSPS) is 11.2. The van der Waals surface area contributed by atoms with Crippen molar-refractivity contribution in [3.63, 3.8) is 0 Å². The summed E-state index contributed by atoms with van der Waals surface area (Å²) in [6.07, 6.45) is 3.49. The average Bonchev–Trinajstić information content (AvgIpc) is 2.48. The molecule has 2 rings (SSSR count). The number of aromatic nitrogens is 1. The number of pyridine rings is 1. The topological polar surface area (TPSA) is 68.3 Å². The maximum Gasteiger partial charge on any atom is 0.179 e. The van der Waals surface area contributed by atoms with Crippen LogP contribution in [0, 0.1) is 6.92 Å². The predicted molar refractivity (Wildman–Crippen MR) is 87.1 cm³/mol. The van der Waals surface area contributed by atoms with E-state index in [4.69, 9.17) is 4.74 Å². The van der Waals surface area contributed by atoms with Gasteiger partial charge in [-0.05, 0) is 37.6 Å². The highest BCUT2D eigenvalue weighted by Crippen LogP contribution is 2.17. The fraction of sp³-hybridized carbons (Fsp3) is 0.312. The van der Waals surface area contributed by atoms with E-state index >= 15 is 0 Å². The minimum Gasteiger partial charge on any atom is -0.494 e. The van der Waals surface area contributed by atoms with Crippen LogP contribution in [-0.2, 0) is 9.84 Å². The highest BCUT2D eigenvalue weighted by molar-refractivity contribution is 7.90. The van der Waals surface area contributed by atoms with E-state index < -0.39 is 9.84 Å². The van der Waals surface area contributed by atoms with Crippen molar-refractivity contribution in [2.75, 3.05) is 24.7 Å². The third-order valence-corrected chi connectivity index (χ3v) is 4.20. The van der Waals surface area contributed by atoms with Crippen molar-refractivity contribution >= 4 is 15.7 Å². The fourth-order valence-corrected chi connectivity index (χ4v) is 2.73. The van der Waals surface area contributed by atoms with Gasteiger partial charge in [0.2, 0.25) is 0 Å². The molecule has 1 aromatic heterocycles. The van der Waals surface area contributed by atoms with Gasteiger partial charge >= 0.3 is 0 Å². The number of hydrogen-bond acceptors (Lipinski definition) is 5. The number of nitrogens with one attached hydrogen (secondary N) is 1. The van der Waals surface area contributed by atoms with E-state index in [-0.39, 0.29) is 4.90 Å².